The molecule has 0 aliphatic carbocycles. The third kappa shape index (κ3) is 3.94. The van der Waals surface area contributed by atoms with Gasteiger partial charge in [-0.2, -0.15) is 0 Å². The molecule has 0 fully saturated rings. The van der Waals surface area contributed by atoms with Crippen molar-refractivity contribution in [2.24, 2.45) is 0 Å². The van der Waals surface area contributed by atoms with Gasteiger partial charge in [-0.15, -0.1) is 0 Å². The lowest BCUT2D eigenvalue weighted by molar-refractivity contribution is 0.141. The Morgan fingerprint density at radius 3 is 2.47 bits per heavy atom. The van der Waals surface area contributed by atoms with Gasteiger partial charge in [0.25, 0.3) is 0 Å². The van der Waals surface area contributed by atoms with Crippen LogP contribution in [0.1, 0.15) is 19.4 Å². The van der Waals surface area contributed by atoms with Gasteiger partial charge >= 0.3 is 0 Å². The predicted molar refractivity (Wildman–Crippen MR) is 85.0 cm³/mol. The Hall–Kier alpha value is -0.580. The third-order valence-corrected chi connectivity index (χ3v) is 4.80. The quantitative estimate of drug-likeness (QED) is 0.868. The summed E-state index contributed by atoms with van der Waals surface area (Å²) in [4.78, 5) is 2.25. The summed E-state index contributed by atoms with van der Waals surface area (Å²) in [5, 5.41) is 3.43. The number of hydrogen-bond donors (Lipinski definition) is 1. The Balaban J connectivity index is 2.99. The van der Waals surface area contributed by atoms with Gasteiger partial charge in [0.1, 0.15) is 5.75 Å². The maximum absolute atomic E-state index is 5.31. The zero-order valence-electron chi connectivity index (χ0n) is 12.7. The van der Waals surface area contributed by atoms with E-state index in [-0.39, 0.29) is 5.54 Å². The third-order valence-electron chi connectivity index (χ3n) is 4.03. The highest BCUT2D eigenvalue weighted by molar-refractivity contribution is 9.10. The van der Waals surface area contributed by atoms with E-state index in [0.717, 1.165) is 16.6 Å². The normalized spacial score (nSPS) is 13.7. The number of ether oxygens (including phenoxy) is 1. The van der Waals surface area contributed by atoms with Crippen LogP contribution in [-0.2, 0) is 6.42 Å². The van der Waals surface area contributed by atoms with Gasteiger partial charge in [0.05, 0.1) is 7.11 Å². The smallest absolute Gasteiger partial charge is 0.119 e. The van der Waals surface area contributed by atoms with Crippen molar-refractivity contribution in [1.29, 1.82) is 0 Å². The Bertz CT molecular complexity index is 419. The van der Waals surface area contributed by atoms with Crippen LogP contribution < -0.4 is 10.1 Å². The molecule has 1 aromatic carbocycles. The highest BCUT2D eigenvalue weighted by atomic mass is 79.9. The van der Waals surface area contributed by atoms with E-state index in [0.29, 0.717) is 6.04 Å². The first kappa shape index (κ1) is 16.5. The van der Waals surface area contributed by atoms with E-state index in [1.165, 1.54) is 5.56 Å². The van der Waals surface area contributed by atoms with Crippen molar-refractivity contribution >= 4 is 15.9 Å². The lowest BCUT2D eigenvalue weighted by Crippen LogP contribution is -2.55. The van der Waals surface area contributed by atoms with Gasteiger partial charge in [-0.05, 0) is 65.2 Å². The van der Waals surface area contributed by atoms with Crippen LogP contribution in [-0.4, -0.2) is 44.7 Å². The van der Waals surface area contributed by atoms with Crippen LogP contribution in [0.25, 0.3) is 0 Å². The van der Waals surface area contributed by atoms with E-state index in [9.17, 15) is 0 Å². The van der Waals surface area contributed by atoms with Crippen LogP contribution in [0.4, 0.5) is 0 Å². The van der Waals surface area contributed by atoms with Gasteiger partial charge in [-0.25, -0.2) is 0 Å². The van der Waals surface area contributed by atoms with Crippen molar-refractivity contribution in [2.75, 3.05) is 28.3 Å². The second-order valence-corrected chi connectivity index (χ2v) is 6.41. The summed E-state index contributed by atoms with van der Waals surface area (Å²) >= 11 is 3.62. The van der Waals surface area contributed by atoms with Gasteiger partial charge < -0.3 is 15.0 Å². The van der Waals surface area contributed by atoms with E-state index in [2.05, 4.69) is 60.2 Å². The number of methoxy groups -OCH3 is 1. The Morgan fingerprint density at radius 1 is 1.37 bits per heavy atom. The van der Waals surface area contributed by atoms with Gasteiger partial charge in [-0.3, -0.25) is 0 Å². The monoisotopic (exact) mass is 328 g/mol. The van der Waals surface area contributed by atoms with Crippen LogP contribution in [0.15, 0.2) is 22.7 Å². The molecule has 19 heavy (non-hydrogen) atoms. The first-order chi connectivity index (χ1) is 8.82. The van der Waals surface area contributed by atoms with Crippen molar-refractivity contribution in [2.45, 2.75) is 31.8 Å². The molecular weight excluding hydrogens is 304 g/mol. The Labute approximate surface area is 125 Å². The molecule has 0 saturated carbocycles. The molecule has 0 saturated heterocycles. The molecule has 1 atom stereocenters. The molecule has 1 aromatic rings. The summed E-state index contributed by atoms with van der Waals surface area (Å²) in [6.45, 7) is 4.50. The summed E-state index contributed by atoms with van der Waals surface area (Å²) in [5.41, 5.74) is 1.32. The van der Waals surface area contributed by atoms with Crippen molar-refractivity contribution in [3.05, 3.63) is 28.2 Å². The largest absolute Gasteiger partial charge is 0.497 e. The minimum absolute atomic E-state index is 0.0667. The fraction of sp³-hybridized carbons (Fsp3) is 0.600. The maximum atomic E-state index is 5.31. The topological polar surface area (TPSA) is 24.5 Å². The first-order valence-corrected chi connectivity index (χ1v) is 7.29. The second-order valence-electron chi connectivity index (χ2n) is 5.55. The highest BCUT2D eigenvalue weighted by Gasteiger charge is 2.30. The van der Waals surface area contributed by atoms with Crippen LogP contribution in [0, 0.1) is 0 Å². The van der Waals surface area contributed by atoms with Crippen molar-refractivity contribution < 1.29 is 4.74 Å². The summed E-state index contributed by atoms with van der Waals surface area (Å²) < 4.78 is 6.43. The Morgan fingerprint density at radius 2 is 2.00 bits per heavy atom. The van der Waals surface area contributed by atoms with Gasteiger partial charge in [0.2, 0.25) is 0 Å². The maximum Gasteiger partial charge on any atom is 0.119 e. The lowest BCUT2D eigenvalue weighted by atomic mass is 9.88. The standard InChI is InChI=1S/C15H25BrN2O/c1-15(2,18(4)5)14(17-3)10-11-9-12(19-6)7-8-13(11)16/h7-9,14,17H,10H2,1-6H3. The molecule has 0 bridgehead atoms. The number of nitrogens with one attached hydrogen (secondary N) is 1. The fourth-order valence-electron chi connectivity index (χ4n) is 2.07. The molecule has 4 heteroatoms. The number of nitrogens with zero attached hydrogens (tertiary/aromatic N) is 1. The molecule has 3 nitrogen and oxygen atoms in total. The van der Waals surface area contributed by atoms with E-state index >= 15 is 0 Å². The van der Waals surface area contributed by atoms with Crippen molar-refractivity contribution in [3.8, 4) is 5.75 Å². The molecule has 0 spiro atoms. The molecule has 0 aliphatic rings. The molecular formula is C15H25BrN2O. The molecule has 1 rings (SSSR count). The zero-order chi connectivity index (χ0) is 14.6. The predicted octanol–water partition coefficient (Wildman–Crippen LogP) is 2.93. The molecule has 108 valence electrons. The second kappa shape index (κ2) is 6.73. The summed E-state index contributed by atoms with van der Waals surface area (Å²) in [6.07, 6.45) is 0.944. The number of halogens is 1. The van der Waals surface area contributed by atoms with Crippen LogP contribution in [0.2, 0.25) is 0 Å². The molecule has 0 radical (unpaired) electrons. The highest BCUT2D eigenvalue weighted by Crippen LogP contribution is 2.27. The number of benzene rings is 1. The zero-order valence-corrected chi connectivity index (χ0v) is 14.3. The fourth-order valence-corrected chi connectivity index (χ4v) is 2.48. The summed E-state index contributed by atoms with van der Waals surface area (Å²) in [5.74, 6) is 0.899. The summed E-state index contributed by atoms with van der Waals surface area (Å²) in [6, 6.07) is 6.47. The van der Waals surface area contributed by atoms with E-state index < -0.39 is 0 Å². The molecule has 0 aliphatic heterocycles. The minimum Gasteiger partial charge on any atom is -0.497 e. The van der Waals surface area contributed by atoms with Crippen LogP contribution in [0.5, 0.6) is 5.75 Å². The minimum atomic E-state index is 0.0667. The molecule has 0 amide bonds. The van der Waals surface area contributed by atoms with E-state index in [1.54, 1.807) is 7.11 Å². The molecule has 1 N–H and O–H groups in total. The SMILES string of the molecule is CNC(Cc1cc(OC)ccc1Br)C(C)(C)N(C)C. The average molecular weight is 329 g/mol. The van der Waals surface area contributed by atoms with Crippen molar-refractivity contribution in [3.63, 3.8) is 0 Å². The number of rotatable bonds is 6. The number of likely N-dealkylation sites (N-methyl/N-ethyl adjacent to an activating group) is 2. The van der Waals surface area contributed by atoms with Crippen LogP contribution >= 0.6 is 15.9 Å². The molecule has 0 heterocycles. The van der Waals surface area contributed by atoms with Gasteiger partial charge in [0.15, 0.2) is 0 Å². The van der Waals surface area contributed by atoms with Crippen molar-refractivity contribution in [1.82, 2.24) is 10.2 Å². The van der Waals surface area contributed by atoms with E-state index in [1.807, 2.05) is 19.2 Å². The molecule has 0 aromatic heterocycles. The average Bonchev–Trinajstić information content (AvgIpc) is 2.37. The lowest BCUT2D eigenvalue weighted by Gasteiger charge is -2.40. The van der Waals surface area contributed by atoms with Crippen LogP contribution in [0.3, 0.4) is 0 Å². The Kier molecular flexibility index (Phi) is 5.83. The molecule has 1 unspecified atom stereocenters. The summed E-state index contributed by atoms with van der Waals surface area (Å²) in [7, 11) is 7.95. The first-order valence-electron chi connectivity index (χ1n) is 6.50. The van der Waals surface area contributed by atoms with E-state index in [4.69, 9.17) is 4.74 Å². The van der Waals surface area contributed by atoms with Gasteiger partial charge in [-0.1, -0.05) is 15.9 Å². The number of hydrogen-bond acceptors (Lipinski definition) is 3. The van der Waals surface area contributed by atoms with Gasteiger partial charge in [0, 0.05) is 16.1 Å².